The van der Waals surface area contributed by atoms with Crippen molar-refractivity contribution in [2.24, 2.45) is 0 Å². The van der Waals surface area contributed by atoms with Crippen molar-refractivity contribution in [2.75, 3.05) is 14.1 Å². The van der Waals surface area contributed by atoms with Crippen LogP contribution in [0.5, 0.6) is 0 Å². The van der Waals surface area contributed by atoms with Crippen LogP contribution in [0.4, 0.5) is 0 Å². The summed E-state index contributed by atoms with van der Waals surface area (Å²) < 4.78 is 0. The minimum absolute atomic E-state index is 1.12. The number of hydrogen-bond donors (Lipinski definition) is 2. The van der Waals surface area contributed by atoms with E-state index >= 15 is 0 Å². The van der Waals surface area contributed by atoms with Gasteiger partial charge in [0, 0.05) is 0 Å². The zero-order chi connectivity index (χ0) is 8.31. The van der Waals surface area contributed by atoms with Crippen LogP contribution in [0, 0.1) is 0 Å². The van der Waals surface area contributed by atoms with E-state index in [9.17, 15) is 9.59 Å². The van der Waals surface area contributed by atoms with Gasteiger partial charge in [-0.15, -0.1) is 0 Å². The van der Waals surface area contributed by atoms with Crippen molar-refractivity contribution in [3.05, 3.63) is 0 Å². The molecule has 2 N–H and O–H groups in total. The Hall–Kier alpha value is -1.10. The molecule has 0 rings (SSSR count). The first-order valence-corrected chi connectivity index (χ1v) is 2.59. The average Bonchev–Trinajstić information content (AvgIpc) is 1.59. The molecular formula is C5H9NO4. The van der Waals surface area contributed by atoms with Gasteiger partial charge in [0.1, 0.15) is 0 Å². The number of carbonyl (C=O) groups is 2. The number of nitrogens with zero attached hydrogens (tertiary/aromatic N) is 1. The summed E-state index contributed by atoms with van der Waals surface area (Å²) in [6.45, 7) is 0. The van der Waals surface area contributed by atoms with E-state index in [1.165, 1.54) is 14.1 Å². The topological polar surface area (TPSA) is 77.8 Å². The van der Waals surface area contributed by atoms with Crippen molar-refractivity contribution in [3.63, 3.8) is 0 Å². The highest BCUT2D eigenvalue weighted by Gasteiger charge is 2.27. The highest BCUT2D eigenvalue weighted by Crippen LogP contribution is 1.92. The predicted octanol–water partition coefficient (Wildman–Crippen LogP) is -0.914. The maximum absolute atomic E-state index is 10.2. The lowest BCUT2D eigenvalue weighted by Gasteiger charge is -2.14. The highest BCUT2D eigenvalue weighted by atomic mass is 16.4. The van der Waals surface area contributed by atoms with Gasteiger partial charge in [0.2, 0.25) is 6.04 Å². The lowest BCUT2D eigenvalue weighted by molar-refractivity contribution is -0.155. The second-order valence-corrected chi connectivity index (χ2v) is 2.04. The van der Waals surface area contributed by atoms with Crippen LogP contribution in [-0.2, 0) is 9.59 Å². The third-order valence-electron chi connectivity index (χ3n) is 0.984. The van der Waals surface area contributed by atoms with E-state index in [1.54, 1.807) is 0 Å². The number of hydrogen-bond acceptors (Lipinski definition) is 3. The predicted molar refractivity (Wildman–Crippen MR) is 32.7 cm³/mol. The molecule has 0 saturated carbocycles. The molecule has 0 fully saturated rings. The van der Waals surface area contributed by atoms with Gasteiger partial charge in [-0.2, -0.15) is 0 Å². The summed E-state index contributed by atoms with van der Waals surface area (Å²) in [5, 5.41) is 16.6. The lowest BCUT2D eigenvalue weighted by Crippen LogP contribution is -2.42. The third kappa shape index (κ3) is 2.02. The summed E-state index contributed by atoms with van der Waals surface area (Å²) in [6.07, 6.45) is 0. The van der Waals surface area contributed by atoms with Crippen LogP contribution in [0.15, 0.2) is 0 Å². The average molecular weight is 147 g/mol. The maximum Gasteiger partial charge on any atom is 0.332 e. The largest absolute Gasteiger partial charge is 0.480 e. The Balaban J connectivity index is 4.27. The quantitative estimate of drug-likeness (QED) is 0.505. The summed E-state index contributed by atoms with van der Waals surface area (Å²) in [7, 11) is 2.79. The molecule has 0 aromatic rings. The molecule has 0 radical (unpaired) electrons. The molecule has 58 valence electrons. The molecule has 0 heterocycles. The van der Waals surface area contributed by atoms with E-state index in [4.69, 9.17) is 10.2 Å². The van der Waals surface area contributed by atoms with Crippen molar-refractivity contribution in [3.8, 4) is 0 Å². The third-order valence-corrected chi connectivity index (χ3v) is 0.984. The zero-order valence-corrected chi connectivity index (χ0v) is 5.74. The Bertz CT molecular complexity index is 140. The fraction of sp³-hybridized carbons (Fsp3) is 0.600. The van der Waals surface area contributed by atoms with E-state index in [0.717, 1.165) is 4.90 Å². The normalized spacial score (nSPS) is 10.4. The van der Waals surface area contributed by atoms with Gasteiger partial charge >= 0.3 is 11.9 Å². The van der Waals surface area contributed by atoms with E-state index < -0.39 is 18.0 Å². The fourth-order valence-electron chi connectivity index (χ4n) is 0.547. The summed E-state index contributed by atoms with van der Waals surface area (Å²) in [5.41, 5.74) is 0. The molecule has 5 nitrogen and oxygen atoms in total. The molecule has 0 unspecified atom stereocenters. The van der Waals surface area contributed by atoms with Gasteiger partial charge in [-0.1, -0.05) is 0 Å². The minimum Gasteiger partial charge on any atom is -0.480 e. The fourth-order valence-corrected chi connectivity index (χ4v) is 0.547. The van der Waals surface area contributed by atoms with Crippen molar-refractivity contribution in [1.29, 1.82) is 0 Å². The van der Waals surface area contributed by atoms with E-state index in [1.807, 2.05) is 0 Å². The van der Waals surface area contributed by atoms with Crippen LogP contribution in [0.1, 0.15) is 0 Å². The Kier molecular flexibility index (Phi) is 2.82. The van der Waals surface area contributed by atoms with Gasteiger partial charge in [-0.3, -0.25) is 4.90 Å². The number of carboxylic acids is 2. The van der Waals surface area contributed by atoms with Gasteiger partial charge < -0.3 is 10.2 Å². The van der Waals surface area contributed by atoms with Gasteiger partial charge in [-0.05, 0) is 14.1 Å². The zero-order valence-electron chi connectivity index (χ0n) is 5.74. The lowest BCUT2D eigenvalue weighted by atomic mass is 10.3. The van der Waals surface area contributed by atoms with Crippen molar-refractivity contribution >= 4 is 11.9 Å². The Morgan fingerprint density at radius 2 is 1.50 bits per heavy atom. The molecule has 0 saturated heterocycles. The highest BCUT2D eigenvalue weighted by molar-refractivity contribution is 5.97. The molecule has 0 aromatic heterocycles. The number of aliphatic carboxylic acids is 2. The maximum atomic E-state index is 10.2. The van der Waals surface area contributed by atoms with E-state index in [-0.39, 0.29) is 0 Å². The van der Waals surface area contributed by atoms with Gasteiger partial charge in [-0.25, -0.2) is 9.59 Å². The molecule has 0 aliphatic heterocycles. The van der Waals surface area contributed by atoms with Crippen LogP contribution in [-0.4, -0.2) is 47.2 Å². The number of likely N-dealkylation sites (N-methyl/N-ethyl adjacent to an activating group) is 1. The van der Waals surface area contributed by atoms with Crippen LogP contribution < -0.4 is 0 Å². The molecule has 5 heteroatoms. The van der Waals surface area contributed by atoms with E-state index in [0.29, 0.717) is 0 Å². The first-order valence-electron chi connectivity index (χ1n) is 2.59. The van der Waals surface area contributed by atoms with Crippen molar-refractivity contribution in [2.45, 2.75) is 6.04 Å². The number of rotatable bonds is 3. The summed E-state index contributed by atoms with van der Waals surface area (Å²) in [4.78, 5) is 21.4. The summed E-state index contributed by atoms with van der Waals surface area (Å²) >= 11 is 0. The molecule has 10 heavy (non-hydrogen) atoms. The first kappa shape index (κ1) is 8.90. The SMILES string of the molecule is CN(C)C(C(=O)O)C(=O)O. The van der Waals surface area contributed by atoms with Gasteiger partial charge in [0.25, 0.3) is 0 Å². The minimum atomic E-state index is -1.44. The molecule has 0 aliphatic carbocycles. The Morgan fingerprint density at radius 1 is 1.20 bits per heavy atom. The monoisotopic (exact) mass is 147 g/mol. The van der Waals surface area contributed by atoms with Gasteiger partial charge in [0.05, 0.1) is 0 Å². The second kappa shape index (κ2) is 3.17. The Labute approximate surface area is 57.9 Å². The summed E-state index contributed by atoms with van der Waals surface area (Å²) in [6, 6.07) is -1.44. The smallest absolute Gasteiger partial charge is 0.332 e. The Morgan fingerprint density at radius 3 is 1.50 bits per heavy atom. The first-order chi connectivity index (χ1) is 4.46. The van der Waals surface area contributed by atoms with Crippen LogP contribution in [0.3, 0.4) is 0 Å². The molecule has 0 spiro atoms. The van der Waals surface area contributed by atoms with Crippen LogP contribution in [0.2, 0.25) is 0 Å². The number of carboxylic acid groups (broad SMARTS) is 2. The van der Waals surface area contributed by atoms with Crippen molar-refractivity contribution < 1.29 is 19.8 Å². The second-order valence-electron chi connectivity index (χ2n) is 2.04. The molecule has 0 bridgehead atoms. The summed E-state index contributed by atoms with van der Waals surface area (Å²) in [5.74, 6) is -2.70. The van der Waals surface area contributed by atoms with Crippen LogP contribution >= 0.6 is 0 Å². The van der Waals surface area contributed by atoms with Gasteiger partial charge in [0.15, 0.2) is 0 Å². The molecular weight excluding hydrogens is 138 g/mol. The standard InChI is InChI=1S/C5H9NO4/c1-6(2)3(4(7)8)5(9)10/h3H,1-2H3,(H,7,8)(H,9,10). The molecule has 0 amide bonds. The molecule has 0 atom stereocenters. The van der Waals surface area contributed by atoms with E-state index in [2.05, 4.69) is 0 Å². The van der Waals surface area contributed by atoms with Crippen molar-refractivity contribution in [1.82, 2.24) is 4.90 Å². The van der Waals surface area contributed by atoms with Crippen LogP contribution in [0.25, 0.3) is 0 Å². The molecule has 0 aliphatic rings. The molecule has 0 aromatic carbocycles.